The molecule has 0 bridgehead atoms. The third-order valence-corrected chi connectivity index (χ3v) is 2.87. The van der Waals surface area contributed by atoms with Crippen LogP contribution in [0, 0.1) is 0 Å². The molecule has 0 spiro atoms. The van der Waals surface area contributed by atoms with Crippen molar-refractivity contribution in [3.8, 4) is 0 Å². The largest absolute Gasteiger partial charge is 0.156 e. The Labute approximate surface area is 96.3 Å². The Hall–Kier alpha value is -1.51. The van der Waals surface area contributed by atoms with Gasteiger partial charge in [0, 0.05) is 5.56 Å². The maximum absolute atomic E-state index is 4.11. The quantitative estimate of drug-likeness (QED) is 0.720. The molecule has 0 atom stereocenters. The molecule has 84 valence electrons. The fourth-order valence-electron chi connectivity index (χ4n) is 1.79. The molecule has 0 amide bonds. The molecule has 3 nitrogen and oxygen atoms in total. The van der Waals surface area contributed by atoms with Gasteiger partial charge in [0.1, 0.15) is 11.3 Å². The molecule has 0 aromatic heterocycles. The van der Waals surface area contributed by atoms with Crippen LogP contribution in [0.5, 0.6) is 0 Å². The van der Waals surface area contributed by atoms with E-state index in [9.17, 15) is 0 Å². The van der Waals surface area contributed by atoms with E-state index in [1.807, 2.05) is 13.8 Å². The lowest BCUT2D eigenvalue weighted by molar-refractivity contribution is 0.682. The number of rotatable bonds is 2. The summed E-state index contributed by atoms with van der Waals surface area (Å²) in [4.78, 5) is 0. The van der Waals surface area contributed by atoms with Gasteiger partial charge in [-0.25, -0.2) is 0 Å². The van der Waals surface area contributed by atoms with Crippen molar-refractivity contribution in [3.05, 3.63) is 35.4 Å². The van der Waals surface area contributed by atoms with Gasteiger partial charge < -0.3 is 0 Å². The van der Waals surface area contributed by atoms with Crippen molar-refractivity contribution >= 4 is 5.71 Å². The van der Waals surface area contributed by atoms with E-state index < -0.39 is 0 Å². The summed E-state index contributed by atoms with van der Waals surface area (Å²) in [5.74, 6) is 0.557. The van der Waals surface area contributed by atoms with Crippen LogP contribution in [0.15, 0.2) is 39.7 Å². The zero-order chi connectivity index (χ0) is 11.8. The molecule has 0 N–H and O–H groups in total. The van der Waals surface area contributed by atoms with Gasteiger partial charge in [0.2, 0.25) is 0 Å². The third kappa shape index (κ3) is 1.90. The molecular formula is C13H17N3. The summed E-state index contributed by atoms with van der Waals surface area (Å²) in [6.07, 6.45) is 0. The van der Waals surface area contributed by atoms with Crippen LogP contribution >= 0.6 is 0 Å². The van der Waals surface area contributed by atoms with E-state index in [2.05, 4.69) is 53.6 Å². The summed E-state index contributed by atoms with van der Waals surface area (Å²) >= 11 is 0. The maximum atomic E-state index is 4.11. The summed E-state index contributed by atoms with van der Waals surface area (Å²) in [7, 11) is 0. The fraction of sp³-hybridized carbons (Fsp3) is 0.462. The minimum absolute atomic E-state index is 0.292. The minimum atomic E-state index is -0.292. The van der Waals surface area contributed by atoms with Gasteiger partial charge in [-0.15, -0.1) is 5.10 Å². The van der Waals surface area contributed by atoms with Crippen molar-refractivity contribution in [1.29, 1.82) is 0 Å². The lowest BCUT2D eigenvalue weighted by Crippen LogP contribution is -2.27. The molecule has 1 aromatic rings. The number of hydrogen-bond acceptors (Lipinski definition) is 3. The van der Waals surface area contributed by atoms with Gasteiger partial charge >= 0.3 is 0 Å². The van der Waals surface area contributed by atoms with Crippen molar-refractivity contribution in [2.45, 2.75) is 39.2 Å². The van der Waals surface area contributed by atoms with Crippen molar-refractivity contribution in [1.82, 2.24) is 0 Å². The first kappa shape index (κ1) is 11.0. The highest BCUT2D eigenvalue weighted by Crippen LogP contribution is 2.25. The Bertz CT molecular complexity index is 439. The molecule has 0 fully saturated rings. The number of nitrogens with zero attached hydrogens (tertiary/aromatic N) is 3. The number of benzene rings is 1. The Morgan fingerprint density at radius 3 is 2.12 bits per heavy atom. The summed E-state index contributed by atoms with van der Waals surface area (Å²) in [5, 5.41) is 12.0. The van der Waals surface area contributed by atoms with Crippen LogP contribution in [0.4, 0.5) is 0 Å². The van der Waals surface area contributed by atoms with E-state index in [0.717, 1.165) is 11.3 Å². The van der Waals surface area contributed by atoms with Gasteiger partial charge in [0.25, 0.3) is 0 Å². The third-order valence-electron chi connectivity index (χ3n) is 2.87. The zero-order valence-electron chi connectivity index (χ0n) is 10.2. The Balaban J connectivity index is 2.30. The van der Waals surface area contributed by atoms with Crippen LogP contribution in [0.2, 0.25) is 0 Å². The van der Waals surface area contributed by atoms with Crippen molar-refractivity contribution < 1.29 is 0 Å². The molecule has 2 rings (SSSR count). The van der Waals surface area contributed by atoms with E-state index in [4.69, 9.17) is 0 Å². The summed E-state index contributed by atoms with van der Waals surface area (Å²) < 4.78 is 0. The molecule has 1 heterocycles. The average molecular weight is 215 g/mol. The first-order valence-corrected chi connectivity index (χ1v) is 5.61. The molecular weight excluding hydrogens is 198 g/mol. The predicted molar refractivity (Wildman–Crippen MR) is 66.0 cm³/mol. The number of hydrogen-bond donors (Lipinski definition) is 0. The summed E-state index contributed by atoms with van der Waals surface area (Å²) in [6.45, 7) is 8.44. The fourth-order valence-corrected chi connectivity index (χ4v) is 1.79. The lowest BCUT2D eigenvalue weighted by Gasteiger charge is -2.15. The smallest absolute Gasteiger partial charge is 0.122 e. The van der Waals surface area contributed by atoms with Crippen LogP contribution in [0.1, 0.15) is 44.7 Å². The van der Waals surface area contributed by atoms with Gasteiger partial charge in [0.15, 0.2) is 0 Å². The Morgan fingerprint density at radius 2 is 1.69 bits per heavy atom. The lowest BCUT2D eigenvalue weighted by atomic mass is 9.92. The second kappa shape index (κ2) is 3.81. The first-order valence-electron chi connectivity index (χ1n) is 5.61. The Kier molecular flexibility index (Phi) is 2.62. The zero-order valence-corrected chi connectivity index (χ0v) is 10.2. The normalized spacial score (nSPS) is 17.9. The van der Waals surface area contributed by atoms with Gasteiger partial charge in [-0.3, -0.25) is 0 Å². The van der Waals surface area contributed by atoms with Crippen molar-refractivity contribution in [2.24, 2.45) is 15.4 Å². The topological polar surface area (TPSA) is 37.1 Å². The predicted octanol–water partition coefficient (Wildman–Crippen LogP) is 3.76. The molecule has 3 heteroatoms. The minimum Gasteiger partial charge on any atom is -0.156 e. The monoisotopic (exact) mass is 215 g/mol. The van der Waals surface area contributed by atoms with Gasteiger partial charge in [-0.1, -0.05) is 38.1 Å². The highest BCUT2D eigenvalue weighted by atomic mass is 15.4. The van der Waals surface area contributed by atoms with Gasteiger partial charge in [-0.05, 0) is 30.6 Å². The van der Waals surface area contributed by atoms with Crippen LogP contribution in [0.25, 0.3) is 0 Å². The summed E-state index contributed by atoms with van der Waals surface area (Å²) in [5.41, 5.74) is 3.11. The first-order chi connectivity index (χ1) is 7.50. The van der Waals surface area contributed by atoms with Crippen LogP contribution in [0.3, 0.4) is 0 Å². The SMILES string of the molecule is CC(C)c1ccc(C2=NN=NC2(C)C)cc1. The van der Waals surface area contributed by atoms with Crippen molar-refractivity contribution in [2.75, 3.05) is 0 Å². The molecule has 1 aliphatic rings. The summed E-state index contributed by atoms with van der Waals surface area (Å²) in [6, 6.07) is 8.51. The van der Waals surface area contributed by atoms with E-state index in [1.165, 1.54) is 5.56 Å². The van der Waals surface area contributed by atoms with Crippen molar-refractivity contribution in [3.63, 3.8) is 0 Å². The molecule has 1 aliphatic heterocycles. The van der Waals surface area contributed by atoms with E-state index in [0.29, 0.717) is 5.92 Å². The standard InChI is InChI=1S/C13H17N3/c1-9(2)10-5-7-11(8-6-10)12-13(3,4)15-16-14-12/h5-9H,1-4H3. The highest BCUT2D eigenvalue weighted by molar-refractivity contribution is 6.07. The second-order valence-corrected chi connectivity index (χ2v) is 4.97. The van der Waals surface area contributed by atoms with Crippen LogP contribution < -0.4 is 0 Å². The Morgan fingerprint density at radius 1 is 1.06 bits per heavy atom. The van der Waals surface area contributed by atoms with E-state index in [1.54, 1.807) is 0 Å². The van der Waals surface area contributed by atoms with E-state index >= 15 is 0 Å². The van der Waals surface area contributed by atoms with E-state index in [-0.39, 0.29) is 5.54 Å². The maximum Gasteiger partial charge on any atom is 0.122 e. The molecule has 16 heavy (non-hydrogen) atoms. The molecule has 0 radical (unpaired) electrons. The highest BCUT2D eigenvalue weighted by Gasteiger charge is 2.29. The molecule has 0 unspecified atom stereocenters. The second-order valence-electron chi connectivity index (χ2n) is 4.97. The molecule has 0 saturated heterocycles. The van der Waals surface area contributed by atoms with Crippen LogP contribution in [-0.2, 0) is 0 Å². The molecule has 0 saturated carbocycles. The van der Waals surface area contributed by atoms with Gasteiger partial charge in [-0.2, -0.15) is 5.11 Å². The van der Waals surface area contributed by atoms with Gasteiger partial charge in [0.05, 0.1) is 0 Å². The average Bonchev–Trinajstić information content (AvgIpc) is 2.58. The van der Waals surface area contributed by atoms with Crippen LogP contribution in [-0.4, -0.2) is 11.3 Å². The molecule has 1 aromatic carbocycles. The molecule has 0 aliphatic carbocycles.